The van der Waals surface area contributed by atoms with Gasteiger partial charge in [-0.2, -0.15) is 0 Å². The highest BCUT2D eigenvalue weighted by atomic mass is 19.1. The Kier molecular flexibility index (Phi) is 7.67. The lowest BCUT2D eigenvalue weighted by Gasteiger charge is -2.21. The Bertz CT molecular complexity index is 670. The van der Waals surface area contributed by atoms with Gasteiger partial charge in [0.1, 0.15) is 23.3 Å². The molecule has 0 fully saturated rings. The van der Waals surface area contributed by atoms with Crippen molar-refractivity contribution in [2.24, 2.45) is 0 Å². The maximum Gasteiger partial charge on any atom is 0.328 e. The number of benzene rings is 1. The zero-order valence-electron chi connectivity index (χ0n) is 15.2. The molecule has 1 rings (SSSR count). The number of nitrogens with one attached hydrogen (secondary N) is 1. The molecule has 1 amide bonds. The lowest BCUT2D eigenvalue weighted by Crippen LogP contribution is -2.42. The van der Waals surface area contributed by atoms with Crippen molar-refractivity contribution in [2.45, 2.75) is 51.7 Å². The van der Waals surface area contributed by atoms with Crippen molar-refractivity contribution in [3.05, 3.63) is 35.4 Å². The van der Waals surface area contributed by atoms with E-state index in [2.05, 4.69) is 10.1 Å². The van der Waals surface area contributed by atoms with Gasteiger partial charge in [-0.15, -0.1) is 0 Å². The average molecular weight is 371 g/mol. The first-order chi connectivity index (χ1) is 12.0. The highest BCUT2D eigenvalue weighted by Crippen LogP contribution is 2.12. The molecule has 0 radical (unpaired) electrons. The third kappa shape index (κ3) is 7.58. The van der Waals surface area contributed by atoms with Crippen LogP contribution in [0.25, 0.3) is 0 Å². The van der Waals surface area contributed by atoms with E-state index < -0.39 is 41.1 Å². The standard InChI is InChI=1S/C18H23F2NO5/c1-18(2,3)26-16(23)8-7-14(17(24)25-4)21-15(22)9-11-5-6-12(19)10-13(11)20/h5-6,10,14H,7-9H2,1-4H3,(H,21,22)/t14-/m0/s1. The predicted molar refractivity (Wildman–Crippen MR) is 89.1 cm³/mol. The van der Waals surface area contributed by atoms with Crippen LogP contribution in [-0.2, 0) is 30.3 Å². The third-order valence-corrected chi connectivity index (χ3v) is 3.24. The summed E-state index contributed by atoms with van der Waals surface area (Å²) in [7, 11) is 1.15. The minimum atomic E-state index is -1.08. The SMILES string of the molecule is COC(=O)[C@H](CCC(=O)OC(C)(C)C)NC(=O)Cc1ccc(F)cc1F. The quantitative estimate of drug-likeness (QED) is 0.744. The van der Waals surface area contributed by atoms with Gasteiger partial charge in [0.15, 0.2) is 0 Å². The molecule has 0 aromatic heterocycles. The number of carbonyl (C=O) groups excluding carboxylic acids is 3. The van der Waals surface area contributed by atoms with E-state index in [0.29, 0.717) is 6.07 Å². The number of carbonyl (C=O) groups is 3. The molecule has 0 unspecified atom stereocenters. The highest BCUT2D eigenvalue weighted by Gasteiger charge is 2.24. The molecule has 1 N–H and O–H groups in total. The Morgan fingerprint density at radius 1 is 1.19 bits per heavy atom. The van der Waals surface area contributed by atoms with Crippen molar-refractivity contribution in [3.63, 3.8) is 0 Å². The van der Waals surface area contributed by atoms with Gasteiger partial charge in [0.25, 0.3) is 0 Å². The van der Waals surface area contributed by atoms with Crippen LogP contribution >= 0.6 is 0 Å². The summed E-state index contributed by atoms with van der Waals surface area (Å²) in [5.74, 6) is -3.53. The van der Waals surface area contributed by atoms with E-state index in [-0.39, 0.29) is 24.8 Å². The van der Waals surface area contributed by atoms with Crippen molar-refractivity contribution in [1.82, 2.24) is 5.32 Å². The molecule has 0 saturated heterocycles. The van der Waals surface area contributed by atoms with Gasteiger partial charge in [-0.25, -0.2) is 13.6 Å². The molecule has 26 heavy (non-hydrogen) atoms. The summed E-state index contributed by atoms with van der Waals surface area (Å²) < 4.78 is 36.3. The number of amides is 1. The molecule has 0 bridgehead atoms. The molecule has 0 saturated carbocycles. The Hall–Kier alpha value is -2.51. The van der Waals surface area contributed by atoms with Gasteiger partial charge >= 0.3 is 11.9 Å². The molecule has 1 aromatic rings. The Balaban J connectivity index is 2.67. The first kappa shape index (κ1) is 21.5. The summed E-state index contributed by atoms with van der Waals surface area (Å²) in [6, 6.07) is 1.77. The van der Waals surface area contributed by atoms with E-state index in [9.17, 15) is 23.2 Å². The van der Waals surface area contributed by atoms with Gasteiger partial charge in [0.05, 0.1) is 13.5 Å². The minimum Gasteiger partial charge on any atom is -0.467 e. The fourth-order valence-electron chi connectivity index (χ4n) is 2.13. The number of halogens is 2. The summed E-state index contributed by atoms with van der Waals surface area (Å²) in [5.41, 5.74) is -0.680. The first-order valence-electron chi connectivity index (χ1n) is 8.05. The molecule has 144 valence electrons. The van der Waals surface area contributed by atoms with Crippen LogP contribution in [0, 0.1) is 11.6 Å². The van der Waals surface area contributed by atoms with Gasteiger partial charge in [0.2, 0.25) is 5.91 Å². The van der Waals surface area contributed by atoms with Crippen molar-refractivity contribution in [3.8, 4) is 0 Å². The molecule has 0 aliphatic carbocycles. The maximum absolute atomic E-state index is 13.6. The van der Waals surface area contributed by atoms with E-state index >= 15 is 0 Å². The number of methoxy groups -OCH3 is 1. The summed E-state index contributed by atoms with van der Waals surface area (Å²) in [6.45, 7) is 5.13. The van der Waals surface area contributed by atoms with E-state index in [1.54, 1.807) is 20.8 Å². The van der Waals surface area contributed by atoms with Crippen LogP contribution in [0.2, 0.25) is 0 Å². The second-order valence-electron chi connectivity index (χ2n) is 6.68. The van der Waals surface area contributed by atoms with Crippen LogP contribution in [0.3, 0.4) is 0 Å². The van der Waals surface area contributed by atoms with E-state index in [1.165, 1.54) is 0 Å². The van der Waals surface area contributed by atoms with E-state index in [0.717, 1.165) is 19.2 Å². The zero-order valence-corrected chi connectivity index (χ0v) is 15.2. The van der Waals surface area contributed by atoms with Crippen LogP contribution in [0.4, 0.5) is 8.78 Å². The Labute approximate surface area is 150 Å². The van der Waals surface area contributed by atoms with Gasteiger partial charge in [-0.1, -0.05) is 6.07 Å². The number of rotatable bonds is 7. The molecule has 8 heteroatoms. The summed E-state index contributed by atoms with van der Waals surface area (Å²) in [4.78, 5) is 35.6. The van der Waals surface area contributed by atoms with Gasteiger partial charge in [-0.3, -0.25) is 9.59 Å². The van der Waals surface area contributed by atoms with Gasteiger partial charge in [0, 0.05) is 12.5 Å². The van der Waals surface area contributed by atoms with Crippen LogP contribution in [-0.4, -0.2) is 36.6 Å². The fourth-order valence-corrected chi connectivity index (χ4v) is 2.13. The second kappa shape index (κ2) is 9.26. The van der Waals surface area contributed by atoms with Crippen molar-refractivity contribution in [2.75, 3.05) is 7.11 Å². The molecule has 0 aliphatic rings. The molecular formula is C18H23F2NO5. The highest BCUT2D eigenvalue weighted by molar-refractivity contribution is 5.86. The van der Waals surface area contributed by atoms with Crippen molar-refractivity contribution in [1.29, 1.82) is 0 Å². The van der Waals surface area contributed by atoms with Crippen molar-refractivity contribution >= 4 is 17.8 Å². The van der Waals surface area contributed by atoms with Crippen LogP contribution < -0.4 is 5.32 Å². The van der Waals surface area contributed by atoms with E-state index in [1.807, 2.05) is 0 Å². The number of esters is 2. The molecule has 1 aromatic carbocycles. The summed E-state index contributed by atoms with van der Waals surface area (Å²) >= 11 is 0. The molecular weight excluding hydrogens is 348 g/mol. The molecule has 0 aliphatic heterocycles. The molecule has 0 spiro atoms. The van der Waals surface area contributed by atoms with Crippen LogP contribution in [0.5, 0.6) is 0 Å². The van der Waals surface area contributed by atoms with Gasteiger partial charge in [-0.05, 0) is 38.8 Å². The lowest BCUT2D eigenvalue weighted by molar-refractivity contribution is -0.155. The lowest BCUT2D eigenvalue weighted by atomic mass is 10.1. The number of ether oxygens (including phenoxy) is 2. The van der Waals surface area contributed by atoms with Crippen LogP contribution in [0.15, 0.2) is 18.2 Å². The van der Waals surface area contributed by atoms with Crippen molar-refractivity contribution < 1.29 is 32.6 Å². The predicted octanol–water partition coefficient (Wildman–Crippen LogP) is 2.29. The Morgan fingerprint density at radius 3 is 2.38 bits per heavy atom. The monoisotopic (exact) mass is 371 g/mol. The molecule has 1 atom stereocenters. The fraction of sp³-hybridized carbons (Fsp3) is 0.500. The summed E-state index contributed by atoms with van der Waals surface area (Å²) in [6.07, 6.45) is -0.520. The smallest absolute Gasteiger partial charge is 0.328 e. The molecule has 0 heterocycles. The number of hydrogen-bond donors (Lipinski definition) is 1. The second-order valence-corrected chi connectivity index (χ2v) is 6.68. The third-order valence-electron chi connectivity index (χ3n) is 3.24. The molecule has 6 nitrogen and oxygen atoms in total. The minimum absolute atomic E-state index is 0.0142. The van der Waals surface area contributed by atoms with E-state index in [4.69, 9.17) is 4.74 Å². The maximum atomic E-state index is 13.6. The first-order valence-corrected chi connectivity index (χ1v) is 8.05. The largest absolute Gasteiger partial charge is 0.467 e. The Morgan fingerprint density at radius 2 is 1.85 bits per heavy atom. The number of hydrogen-bond acceptors (Lipinski definition) is 5. The normalized spacial score (nSPS) is 12.2. The topological polar surface area (TPSA) is 81.7 Å². The average Bonchev–Trinajstić information content (AvgIpc) is 2.51. The summed E-state index contributed by atoms with van der Waals surface area (Å²) in [5, 5.41) is 2.39. The zero-order chi connectivity index (χ0) is 19.9. The van der Waals surface area contributed by atoms with Crippen LogP contribution in [0.1, 0.15) is 39.2 Å². The van der Waals surface area contributed by atoms with Gasteiger partial charge < -0.3 is 14.8 Å².